The molecule has 0 bridgehead atoms. The van der Waals surface area contributed by atoms with Crippen LogP contribution in [0.15, 0.2) is 24.3 Å². The van der Waals surface area contributed by atoms with Crippen LogP contribution >= 0.6 is 0 Å². The van der Waals surface area contributed by atoms with Crippen LogP contribution < -0.4 is 4.90 Å². The summed E-state index contributed by atoms with van der Waals surface area (Å²) in [5.41, 5.74) is 1.22. The summed E-state index contributed by atoms with van der Waals surface area (Å²) >= 11 is 0. The molecule has 4 nitrogen and oxygen atoms in total. The quantitative estimate of drug-likeness (QED) is 0.893. The van der Waals surface area contributed by atoms with Gasteiger partial charge in [0.2, 0.25) is 5.91 Å². The maximum Gasteiger partial charge on any atom is 0.391 e. The molecule has 2 aliphatic rings. The third-order valence-electron chi connectivity index (χ3n) is 5.34. The molecular formula is C18H20F3NO3. The van der Waals surface area contributed by atoms with Gasteiger partial charge in [-0.2, -0.15) is 13.2 Å². The summed E-state index contributed by atoms with van der Waals surface area (Å²) in [7, 11) is 0. The van der Waals surface area contributed by atoms with Crippen LogP contribution in [0.4, 0.5) is 18.9 Å². The molecule has 1 aliphatic heterocycles. The Morgan fingerprint density at radius 3 is 2.36 bits per heavy atom. The number of anilines is 1. The van der Waals surface area contributed by atoms with Crippen molar-refractivity contribution in [2.24, 2.45) is 11.8 Å². The van der Waals surface area contributed by atoms with Crippen molar-refractivity contribution < 1.29 is 27.9 Å². The van der Waals surface area contributed by atoms with Crippen molar-refractivity contribution in [2.75, 3.05) is 11.4 Å². The smallest absolute Gasteiger partial charge is 0.391 e. The average molecular weight is 355 g/mol. The molecular weight excluding hydrogens is 335 g/mol. The van der Waals surface area contributed by atoms with Gasteiger partial charge in [-0.25, -0.2) is 0 Å². The van der Waals surface area contributed by atoms with Gasteiger partial charge in [0.25, 0.3) is 0 Å². The maximum absolute atomic E-state index is 12.7. The number of nitrogens with zero attached hydrogens (tertiary/aromatic N) is 1. The molecule has 25 heavy (non-hydrogen) atoms. The van der Waals surface area contributed by atoms with Crippen molar-refractivity contribution in [3.63, 3.8) is 0 Å². The number of fused-ring (bicyclic) bond motifs is 1. The number of para-hydroxylation sites is 1. The first-order valence-corrected chi connectivity index (χ1v) is 8.46. The van der Waals surface area contributed by atoms with Crippen LogP contribution in [0.5, 0.6) is 0 Å². The molecule has 1 fully saturated rings. The van der Waals surface area contributed by atoms with Gasteiger partial charge < -0.3 is 10.0 Å². The lowest BCUT2D eigenvalue weighted by atomic mass is 9.80. The first-order chi connectivity index (χ1) is 11.8. The molecule has 1 N–H and O–H groups in total. The van der Waals surface area contributed by atoms with Crippen LogP contribution in [-0.2, 0) is 9.59 Å². The Balaban J connectivity index is 1.64. The zero-order chi connectivity index (χ0) is 18.2. The summed E-state index contributed by atoms with van der Waals surface area (Å²) in [5, 5.41) is 9.34. The predicted octanol–water partition coefficient (Wildman–Crippen LogP) is 3.96. The van der Waals surface area contributed by atoms with Gasteiger partial charge >= 0.3 is 12.1 Å². The van der Waals surface area contributed by atoms with E-state index in [1.807, 2.05) is 0 Å². The van der Waals surface area contributed by atoms with E-state index in [1.165, 1.54) is 4.90 Å². The monoisotopic (exact) mass is 355 g/mol. The number of amides is 1. The fraction of sp³-hybridized carbons (Fsp3) is 0.556. The summed E-state index contributed by atoms with van der Waals surface area (Å²) < 4.78 is 38.2. The van der Waals surface area contributed by atoms with Crippen LogP contribution in [0.3, 0.4) is 0 Å². The van der Waals surface area contributed by atoms with Gasteiger partial charge in [0.15, 0.2) is 0 Å². The fourth-order valence-corrected chi connectivity index (χ4v) is 3.91. The third-order valence-corrected chi connectivity index (χ3v) is 5.34. The molecule has 1 aliphatic carbocycles. The number of hydrogen-bond acceptors (Lipinski definition) is 2. The van der Waals surface area contributed by atoms with Crippen molar-refractivity contribution in [3.8, 4) is 0 Å². The third kappa shape index (κ3) is 3.65. The molecule has 1 saturated carbocycles. The highest BCUT2D eigenvalue weighted by atomic mass is 19.4. The highest BCUT2D eigenvalue weighted by Crippen LogP contribution is 2.42. The Hall–Kier alpha value is -2.05. The molecule has 7 heteroatoms. The molecule has 3 rings (SSSR count). The summed E-state index contributed by atoms with van der Waals surface area (Å²) in [6, 6.07) is 6.91. The van der Waals surface area contributed by atoms with Gasteiger partial charge in [0, 0.05) is 18.7 Å². The number of rotatable bonds is 3. The lowest BCUT2D eigenvalue weighted by molar-refractivity contribution is -0.184. The highest BCUT2D eigenvalue weighted by Gasteiger charge is 2.42. The lowest BCUT2D eigenvalue weighted by Crippen LogP contribution is -2.34. The number of aliphatic carboxylic acids is 1. The Kier molecular flexibility index (Phi) is 4.75. The van der Waals surface area contributed by atoms with Crippen molar-refractivity contribution >= 4 is 17.6 Å². The minimum atomic E-state index is -4.16. The molecule has 1 amide bonds. The first kappa shape index (κ1) is 17.8. The van der Waals surface area contributed by atoms with E-state index in [4.69, 9.17) is 0 Å². The van der Waals surface area contributed by atoms with E-state index in [0.717, 1.165) is 0 Å². The summed E-state index contributed by atoms with van der Waals surface area (Å²) in [4.78, 5) is 25.5. The molecule has 1 aromatic carbocycles. The number of carbonyl (C=O) groups is 2. The number of carboxylic acids is 1. The number of carboxylic acid groups (broad SMARTS) is 1. The maximum atomic E-state index is 12.7. The number of benzene rings is 1. The topological polar surface area (TPSA) is 57.6 Å². The molecule has 1 aromatic rings. The van der Waals surface area contributed by atoms with Crippen LogP contribution in [-0.4, -0.2) is 29.7 Å². The Labute approximate surface area is 143 Å². The van der Waals surface area contributed by atoms with Crippen LogP contribution in [0.2, 0.25) is 0 Å². The van der Waals surface area contributed by atoms with E-state index in [-0.39, 0.29) is 37.6 Å². The Morgan fingerprint density at radius 2 is 1.76 bits per heavy atom. The Morgan fingerprint density at radius 1 is 1.12 bits per heavy atom. The Bertz CT molecular complexity index is 666. The normalized spacial score (nSPS) is 26.4. The largest absolute Gasteiger partial charge is 0.481 e. The van der Waals surface area contributed by atoms with E-state index in [2.05, 4.69) is 0 Å². The number of alkyl halides is 3. The minimum absolute atomic E-state index is 0.0653. The number of halogens is 3. The molecule has 1 atom stereocenters. The number of hydrogen-bond donors (Lipinski definition) is 1. The summed E-state index contributed by atoms with van der Waals surface area (Å²) in [6.45, 7) is 0.0887. The van der Waals surface area contributed by atoms with Crippen LogP contribution in [0.1, 0.15) is 43.6 Å². The van der Waals surface area contributed by atoms with Crippen molar-refractivity contribution in [1.29, 1.82) is 0 Å². The van der Waals surface area contributed by atoms with E-state index >= 15 is 0 Å². The van der Waals surface area contributed by atoms with Crippen LogP contribution in [0.25, 0.3) is 0 Å². The predicted molar refractivity (Wildman–Crippen MR) is 85.3 cm³/mol. The van der Waals surface area contributed by atoms with Gasteiger partial charge in [0.1, 0.15) is 5.92 Å². The van der Waals surface area contributed by atoms with Gasteiger partial charge in [0.05, 0.1) is 5.92 Å². The lowest BCUT2D eigenvalue weighted by Gasteiger charge is -2.30. The zero-order valence-corrected chi connectivity index (χ0v) is 13.6. The average Bonchev–Trinajstić information content (AvgIpc) is 2.94. The van der Waals surface area contributed by atoms with E-state index < -0.39 is 24.0 Å². The van der Waals surface area contributed by atoms with E-state index in [1.54, 1.807) is 24.3 Å². The molecule has 0 radical (unpaired) electrons. The second kappa shape index (κ2) is 6.69. The SMILES string of the molecule is O=C(O)C1CN(C(=O)CC2CCC(C(F)(F)F)CC2)c2ccccc21. The second-order valence-corrected chi connectivity index (χ2v) is 6.92. The molecule has 0 saturated heterocycles. The van der Waals surface area contributed by atoms with E-state index in [0.29, 0.717) is 24.1 Å². The summed E-state index contributed by atoms with van der Waals surface area (Å²) in [5.74, 6) is -3.26. The van der Waals surface area contributed by atoms with Gasteiger partial charge in [-0.1, -0.05) is 18.2 Å². The minimum Gasteiger partial charge on any atom is -0.481 e. The molecule has 0 aromatic heterocycles. The molecule has 1 unspecified atom stereocenters. The zero-order valence-electron chi connectivity index (χ0n) is 13.6. The van der Waals surface area contributed by atoms with Crippen molar-refractivity contribution in [1.82, 2.24) is 0 Å². The second-order valence-electron chi connectivity index (χ2n) is 6.92. The fourth-order valence-electron chi connectivity index (χ4n) is 3.91. The summed E-state index contributed by atoms with van der Waals surface area (Å²) in [6.07, 6.45) is -3.09. The highest BCUT2D eigenvalue weighted by molar-refractivity contribution is 5.99. The van der Waals surface area contributed by atoms with Gasteiger partial charge in [-0.05, 0) is 43.2 Å². The van der Waals surface area contributed by atoms with Crippen molar-refractivity contribution in [3.05, 3.63) is 29.8 Å². The first-order valence-electron chi connectivity index (χ1n) is 8.46. The van der Waals surface area contributed by atoms with Crippen molar-refractivity contribution in [2.45, 2.75) is 44.2 Å². The standard InChI is InChI=1S/C18H20F3NO3/c19-18(20,21)12-7-5-11(6-8-12)9-16(23)22-10-14(17(24)25)13-3-1-2-4-15(13)22/h1-4,11-12,14H,5-10H2,(H,24,25). The van der Waals surface area contributed by atoms with Gasteiger partial charge in [-0.15, -0.1) is 0 Å². The molecule has 1 heterocycles. The number of carbonyl (C=O) groups excluding carboxylic acids is 1. The molecule has 136 valence electrons. The van der Waals surface area contributed by atoms with Crippen LogP contribution in [0, 0.1) is 11.8 Å². The van der Waals surface area contributed by atoms with Gasteiger partial charge in [-0.3, -0.25) is 9.59 Å². The molecule has 0 spiro atoms. The van der Waals surface area contributed by atoms with E-state index in [9.17, 15) is 27.9 Å².